The van der Waals surface area contributed by atoms with Crippen molar-refractivity contribution >= 4 is 5.91 Å². The third-order valence-corrected chi connectivity index (χ3v) is 3.57. The number of hydrogen-bond acceptors (Lipinski definition) is 2. The third kappa shape index (κ3) is 4.88. The van der Waals surface area contributed by atoms with Crippen LogP contribution in [0.2, 0.25) is 0 Å². The maximum absolute atomic E-state index is 13.1. The lowest BCUT2D eigenvalue weighted by molar-refractivity contribution is -0.121. The molecule has 2 aromatic rings. The van der Waals surface area contributed by atoms with Gasteiger partial charge in [0.15, 0.2) is 0 Å². The highest BCUT2D eigenvalue weighted by molar-refractivity contribution is 5.76. The number of carbonyl (C=O) groups excluding carboxylic acids is 1. The SMILES string of the molecule is C[C@H](CCc1ccc(OCc2cccc(F)c2)cc1)[13C](N)=O. The topological polar surface area (TPSA) is 52.3 Å². The van der Waals surface area contributed by atoms with Crippen LogP contribution in [0.4, 0.5) is 4.39 Å². The van der Waals surface area contributed by atoms with Crippen LogP contribution in [0.15, 0.2) is 48.5 Å². The number of benzene rings is 2. The summed E-state index contributed by atoms with van der Waals surface area (Å²) < 4.78 is 18.7. The van der Waals surface area contributed by atoms with E-state index in [1.54, 1.807) is 6.07 Å². The number of nitrogens with two attached hydrogens (primary N) is 1. The van der Waals surface area contributed by atoms with Gasteiger partial charge < -0.3 is 10.5 Å². The molecule has 0 fully saturated rings. The monoisotopic (exact) mass is 302 g/mol. The van der Waals surface area contributed by atoms with Crippen LogP contribution < -0.4 is 10.5 Å². The van der Waals surface area contributed by atoms with Gasteiger partial charge in [-0.05, 0) is 48.2 Å². The van der Waals surface area contributed by atoms with E-state index in [2.05, 4.69) is 0 Å². The summed E-state index contributed by atoms with van der Waals surface area (Å²) in [6.07, 6.45) is 1.53. The molecule has 0 aliphatic heterocycles. The Labute approximate surface area is 129 Å². The number of amides is 1. The molecule has 1 amide bonds. The fourth-order valence-corrected chi connectivity index (χ4v) is 2.07. The minimum Gasteiger partial charge on any atom is -0.489 e. The first-order valence-electron chi connectivity index (χ1n) is 7.30. The van der Waals surface area contributed by atoms with Crippen molar-refractivity contribution in [2.75, 3.05) is 0 Å². The second-order valence-electron chi connectivity index (χ2n) is 5.40. The van der Waals surface area contributed by atoms with E-state index in [4.69, 9.17) is 10.5 Å². The predicted molar refractivity (Wildman–Crippen MR) is 83.9 cm³/mol. The molecule has 22 heavy (non-hydrogen) atoms. The van der Waals surface area contributed by atoms with Gasteiger partial charge in [-0.3, -0.25) is 4.79 Å². The zero-order chi connectivity index (χ0) is 15.9. The van der Waals surface area contributed by atoms with E-state index in [1.807, 2.05) is 37.3 Å². The summed E-state index contributed by atoms with van der Waals surface area (Å²) in [5.41, 5.74) is 7.17. The molecule has 0 aliphatic carbocycles. The third-order valence-electron chi connectivity index (χ3n) is 3.57. The summed E-state index contributed by atoms with van der Waals surface area (Å²) in [6.45, 7) is 2.16. The number of hydrogen-bond donors (Lipinski definition) is 1. The highest BCUT2D eigenvalue weighted by Crippen LogP contribution is 2.17. The number of halogens is 1. The average Bonchev–Trinajstić information content (AvgIpc) is 2.51. The van der Waals surface area contributed by atoms with Gasteiger partial charge in [0.2, 0.25) is 5.91 Å². The Balaban J connectivity index is 1.85. The van der Waals surface area contributed by atoms with Gasteiger partial charge in [0.05, 0.1) is 0 Å². The van der Waals surface area contributed by atoms with Crippen molar-refractivity contribution in [2.24, 2.45) is 11.7 Å². The Morgan fingerprint density at radius 2 is 1.91 bits per heavy atom. The summed E-state index contributed by atoms with van der Waals surface area (Å²) in [5, 5.41) is 0. The van der Waals surface area contributed by atoms with Crippen molar-refractivity contribution in [2.45, 2.75) is 26.4 Å². The van der Waals surface area contributed by atoms with Gasteiger partial charge in [-0.25, -0.2) is 4.39 Å². The summed E-state index contributed by atoms with van der Waals surface area (Å²) in [6, 6.07) is 14.0. The zero-order valence-corrected chi connectivity index (χ0v) is 12.6. The fraction of sp³-hybridized carbons (Fsp3) is 0.278. The summed E-state index contributed by atoms with van der Waals surface area (Å²) in [7, 11) is 0. The molecule has 3 nitrogen and oxygen atoms in total. The van der Waals surface area contributed by atoms with Crippen LogP contribution in [0.5, 0.6) is 5.75 Å². The minimum atomic E-state index is -0.268. The van der Waals surface area contributed by atoms with Crippen LogP contribution in [0.3, 0.4) is 0 Å². The van der Waals surface area contributed by atoms with Crippen molar-refractivity contribution in [1.29, 1.82) is 0 Å². The lowest BCUT2D eigenvalue weighted by atomic mass is 10.1. The number of ether oxygens (including phenoxy) is 1. The van der Waals surface area contributed by atoms with Gasteiger partial charge in [-0.1, -0.05) is 31.2 Å². The first-order chi connectivity index (χ1) is 10.5. The summed E-state index contributed by atoms with van der Waals surface area (Å²) in [5.74, 6) is 0.0786. The molecular weight excluding hydrogens is 282 g/mol. The lowest BCUT2D eigenvalue weighted by Gasteiger charge is -2.09. The Morgan fingerprint density at radius 1 is 1.18 bits per heavy atom. The second kappa shape index (κ2) is 7.59. The second-order valence-corrected chi connectivity index (χ2v) is 5.40. The van der Waals surface area contributed by atoms with Crippen LogP contribution in [-0.4, -0.2) is 5.91 Å². The van der Waals surface area contributed by atoms with Crippen LogP contribution in [0.1, 0.15) is 24.5 Å². The first-order valence-corrected chi connectivity index (χ1v) is 7.30. The Hall–Kier alpha value is -2.36. The lowest BCUT2D eigenvalue weighted by Crippen LogP contribution is -2.20. The molecule has 0 saturated carbocycles. The normalized spacial score (nSPS) is 11.9. The fourth-order valence-electron chi connectivity index (χ4n) is 2.07. The molecule has 0 unspecified atom stereocenters. The smallest absolute Gasteiger partial charge is 0.220 e. The van der Waals surface area contributed by atoms with Crippen molar-refractivity contribution in [3.8, 4) is 5.75 Å². The molecule has 0 saturated heterocycles. The molecule has 4 heteroatoms. The molecule has 1 atom stereocenters. The van der Waals surface area contributed by atoms with E-state index in [9.17, 15) is 9.18 Å². The zero-order valence-electron chi connectivity index (χ0n) is 12.6. The Kier molecular flexibility index (Phi) is 5.53. The number of aryl methyl sites for hydroxylation is 1. The Bertz CT molecular complexity index is 625. The molecular formula is C18H20FNO2. The van der Waals surface area contributed by atoms with Gasteiger partial charge in [-0.15, -0.1) is 0 Å². The largest absolute Gasteiger partial charge is 0.489 e. The summed E-state index contributed by atoms with van der Waals surface area (Å²) >= 11 is 0. The molecule has 2 N–H and O–H groups in total. The van der Waals surface area contributed by atoms with Crippen LogP contribution in [-0.2, 0) is 17.8 Å². The van der Waals surface area contributed by atoms with E-state index in [0.717, 1.165) is 29.7 Å². The highest BCUT2D eigenvalue weighted by Gasteiger charge is 2.08. The van der Waals surface area contributed by atoms with E-state index in [0.29, 0.717) is 6.61 Å². The molecule has 0 radical (unpaired) electrons. The maximum Gasteiger partial charge on any atom is 0.220 e. The Morgan fingerprint density at radius 3 is 2.55 bits per heavy atom. The number of rotatable bonds is 7. The first kappa shape index (κ1) is 16.0. The van der Waals surface area contributed by atoms with E-state index in [-0.39, 0.29) is 17.6 Å². The molecule has 2 rings (SSSR count). The van der Waals surface area contributed by atoms with Crippen LogP contribution >= 0.6 is 0 Å². The molecule has 0 spiro atoms. The number of carbonyl (C=O) groups is 1. The highest BCUT2D eigenvalue weighted by atomic mass is 19.1. The molecule has 2 aromatic carbocycles. The van der Waals surface area contributed by atoms with E-state index in [1.165, 1.54) is 12.1 Å². The van der Waals surface area contributed by atoms with E-state index < -0.39 is 0 Å². The molecule has 116 valence electrons. The van der Waals surface area contributed by atoms with Gasteiger partial charge in [0.1, 0.15) is 18.2 Å². The standard InChI is InChI=1S/C18H20FNO2/c1-13(18(20)21)5-6-14-7-9-17(10-8-14)22-12-15-3-2-4-16(19)11-15/h2-4,7-11,13H,5-6,12H2,1H3,(H2,20,21)/t13-/m1/s1/i18+1. The van der Waals surface area contributed by atoms with Crippen molar-refractivity contribution in [3.05, 3.63) is 65.5 Å². The van der Waals surface area contributed by atoms with Gasteiger partial charge in [0, 0.05) is 5.92 Å². The average molecular weight is 302 g/mol. The quantitative estimate of drug-likeness (QED) is 0.796. The van der Waals surface area contributed by atoms with Crippen LogP contribution in [0, 0.1) is 11.7 Å². The van der Waals surface area contributed by atoms with Gasteiger partial charge in [-0.2, -0.15) is 0 Å². The predicted octanol–water partition coefficient (Wildman–Crippen LogP) is 3.46. The molecule has 0 heterocycles. The molecule has 0 aliphatic rings. The van der Waals surface area contributed by atoms with Gasteiger partial charge >= 0.3 is 0 Å². The summed E-state index contributed by atoms with van der Waals surface area (Å²) in [4.78, 5) is 11.0. The number of primary amides is 1. The van der Waals surface area contributed by atoms with Crippen molar-refractivity contribution < 1.29 is 13.9 Å². The minimum absolute atomic E-state index is 0.121. The van der Waals surface area contributed by atoms with E-state index >= 15 is 0 Å². The molecule has 0 bridgehead atoms. The van der Waals surface area contributed by atoms with Crippen LogP contribution in [0.25, 0.3) is 0 Å². The maximum atomic E-state index is 13.1. The van der Waals surface area contributed by atoms with Crippen molar-refractivity contribution in [1.82, 2.24) is 0 Å². The van der Waals surface area contributed by atoms with Crippen molar-refractivity contribution in [3.63, 3.8) is 0 Å². The van der Waals surface area contributed by atoms with Gasteiger partial charge in [0.25, 0.3) is 0 Å². The molecule has 0 aromatic heterocycles.